The van der Waals surface area contributed by atoms with Crippen LogP contribution in [-0.4, -0.2) is 31.9 Å². The summed E-state index contributed by atoms with van der Waals surface area (Å²) in [4.78, 5) is 4.35. The Bertz CT molecular complexity index is 301. The van der Waals surface area contributed by atoms with Crippen LogP contribution in [0.3, 0.4) is 0 Å². The fourth-order valence-corrected chi connectivity index (χ4v) is 1.53. The van der Waals surface area contributed by atoms with Crippen molar-refractivity contribution in [2.75, 3.05) is 26.9 Å². The molecule has 0 aliphatic heterocycles. The highest BCUT2D eigenvalue weighted by atomic mass is 16.5. The normalized spacial score (nSPS) is 10.6. The summed E-state index contributed by atoms with van der Waals surface area (Å²) in [6, 6.07) is 3.99. The zero-order valence-electron chi connectivity index (χ0n) is 11.4. The summed E-state index contributed by atoms with van der Waals surface area (Å²) in [6.07, 6.45) is 4.97. The maximum Gasteiger partial charge on any atom is 0.137 e. The zero-order valence-corrected chi connectivity index (χ0v) is 11.4. The molecule has 0 spiro atoms. The number of nitrogens with zero attached hydrogens (tertiary/aromatic N) is 1. The standard InChI is InChI=1S/C14H24N2O2/c1-3-8-15-11-13-6-7-14(12-16-13)18-10-5-4-9-17-2/h6-7,12,15H,3-5,8-11H2,1-2H3. The Labute approximate surface area is 110 Å². The van der Waals surface area contributed by atoms with Gasteiger partial charge in [-0.15, -0.1) is 0 Å². The maximum absolute atomic E-state index is 5.59. The highest BCUT2D eigenvalue weighted by Gasteiger charge is 1.97. The summed E-state index contributed by atoms with van der Waals surface area (Å²) < 4.78 is 10.6. The third-order valence-corrected chi connectivity index (χ3v) is 2.54. The molecule has 0 saturated carbocycles. The Hall–Kier alpha value is -1.13. The van der Waals surface area contributed by atoms with E-state index in [-0.39, 0.29) is 0 Å². The molecule has 0 aliphatic rings. The molecule has 18 heavy (non-hydrogen) atoms. The van der Waals surface area contributed by atoms with Gasteiger partial charge < -0.3 is 14.8 Å². The minimum atomic E-state index is 0.721. The maximum atomic E-state index is 5.59. The molecule has 1 aromatic heterocycles. The first kappa shape index (κ1) is 14.9. The number of aromatic nitrogens is 1. The van der Waals surface area contributed by atoms with Gasteiger partial charge in [-0.3, -0.25) is 4.98 Å². The van der Waals surface area contributed by atoms with Crippen LogP contribution in [0.4, 0.5) is 0 Å². The monoisotopic (exact) mass is 252 g/mol. The smallest absolute Gasteiger partial charge is 0.137 e. The quantitative estimate of drug-likeness (QED) is 0.649. The van der Waals surface area contributed by atoms with Crippen molar-refractivity contribution in [1.82, 2.24) is 10.3 Å². The van der Waals surface area contributed by atoms with Gasteiger partial charge in [0.15, 0.2) is 0 Å². The fraction of sp³-hybridized carbons (Fsp3) is 0.643. The summed E-state index contributed by atoms with van der Waals surface area (Å²) in [5.41, 5.74) is 1.05. The molecule has 0 radical (unpaired) electrons. The predicted molar refractivity (Wildman–Crippen MR) is 72.8 cm³/mol. The van der Waals surface area contributed by atoms with E-state index in [2.05, 4.69) is 17.2 Å². The van der Waals surface area contributed by atoms with E-state index >= 15 is 0 Å². The van der Waals surface area contributed by atoms with Crippen LogP contribution in [-0.2, 0) is 11.3 Å². The van der Waals surface area contributed by atoms with Gasteiger partial charge in [0.25, 0.3) is 0 Å². The van der Waals surface area contributed by atoms with E-state index in [1.54, 1.807) is 13.3 Å². The number of rotatable bonds is 10. The number of hydrogen-bond donors (Lipinski definition) is 1. The van der Waals surface area contributed by atoms with Gasteiger partial charge in [-0.1, -0.05) is 6.92 Å². The summed E-state index contributed by atoms with van der Waals surface area (Å²) in [6.45, 7) is 5.52. The molecule has 0 saturated heterocycles. The Morgan fingerprint density at radius 2 is 2.06 bits per heavy atom. The lowest BCUT2D eigenvalue weighted by Gasteiger charge is -2.07. The molecule has 0 amide bonds. The van der Waals surface area contributed by atoms with Crippen molar-refractivity contribution in [2.45, 2.75) is 32.7 Å². The zero-order chi connectivity index (χ0) is 13.1. The van der Waals surface area contributed by atoms with Crippen LogP contribution in [0.1, 0.15) is 31.9 Å². The van der Waals surface area contributed by atoms with Gasteiger partial charge in [0, 0.05) is 20.3 Å². The Morgan fingerprint density at radius 3 is 2.72 bits per heavy atom. The predicted octanol–water partition coefficient (Wildman–Crippen LogP) is 2.39. The number of nitrogens with one attached hydrogen (secondary N) is 1. The molecule has 1 aromatic rings. The second-order valence-corrected chi connectivity index (χ2v) is 4.21. The lowest BCUT2D eigenvalue weighted by molar-refractivity contribution is 0.184. The number of pyridine rings is 1. The number of hydrogen-bond acceptors (Lipinski definition) is 4. The molecule has 0 unspecified atom stereocenters. The van der Waals surface area contributed by atoms with E-state index in [1.807, 2.05) is 12.1 Å². The summed E-state index contributed by atoms with van der Waals surface area (Å²) in [5.74, 6) is 0.839. The van der Waals surface area contributed by atoms with Crippen LogP contribution < -0.4 is 10.1 Å². The van der Waals surface area contributed by atoms with E-state index in [0.717, 1.165) is 57.0 Å². The first-order chi connectivity index (χ1) is 8.86. The molecule has 0 bridgehead atoms. The van der Waals surface area contributed by atoms with Crippen LogP contribution in [0.25, 0.3) is 0 Å². The molecule has 0 fully saturated rings. The first-order valence-electron chi connectivity index (χ1n) is 6.64. The largest absolute Gasteiger partial charge is 0.492 e. The Kier molecular flexibility index (Phi) is 8.17. The highest BCUT2D eigenvalue weighted by Crippen LogP contribution is 2.09. The summed E-state index contributed by atoms with van der Waals surface area (Å²) in [5, 5.41) is 3.32. The van der Waals surface area contributed by atoms with Gasteiger partial charge in [-0.25, -0.2) is 0 Å². The number of unbranched alkanes of at least 4 members (excludes halogenated alkanes) is 1. The van der Waals surface area contributed by atoms with Gasteiger partial charge in [-0.2, -0.15) is 0 Å². The van der Waals surface area contributed by atoms with Crippen LogP contribution in [0.2, 0.25) is 0 Å². The second-order valence-electron chi connectivity index (χ2n) is 4.21. The van der Waals surface area contributed by atoms with Crippen LogP contribution >= 0.6 is 0 Å². The minimum absolute atomic E-state index is 0.721. The van der Waals surface area contributed by atoms with Crippen LogP contribution in [0, 0.1) is 0 Å². The molecule has 102 valence electrons. The van der Waals surface area contributed by atoms with E-state index in [9.17, 15) is 0 Å². The first-order valence-corrected chi connectivity index (χ1v) is 6.64. The van der Waals surface area contributed by atoms with E-state index < -0.39 is 0 Å². The van der Waals surface area contributed by atoms with Crippen molar-refractivity contribution in [3.05, 3.63) is 24.0 Å². The molecule has 4 heteroatoms. The second kappa shape index (κ2) is 9.85. The van der Waals surface area contributed by atoms with Gasteiger partial charge >= 0.3 is 0 Å². The molecule has 1 rings (SSSR count). The average Bonchev–Trinajstić information content (AvgIpc) is 2.40. The van der Waals surface area contributed by atoms with Crippen LogP contribution in [0.15, 0.2) is 18.3 Å². The van der Waals surface area contributed by atoms with Crippen molar-refractivity contribution in [2.24, 2.45) is 0 Å². The van der Waals surface area contributed by atoms with E-state index in [0.29, 0.717) is 0 Å². The van der Waals surface area contributed by atoms with E-state index in [4.69, 9.17) is 9.47 Å². The molecule has 4 nitrogen and oxygen atoms in total. The summed E-state index contributed by atoms with van der Waals surface area (Å²) >= 11 is 0. The van der Waals surface area contributed by atoms with Crippen molar-refractivity contribution >= 4 is 0 Å². The van der Waals surface area contributed by atoms with Gasteiger partial charge in [0.05, 0.1) is 18.5 Å². The third kappa shape index (κ3) is 6.57. The summed E-state index contributed by atoms with van der Waals surface area (Å²) in [7, 11) is 1.72. The topological polar surface area (TPSA) is 43.4 Å². The van der Waals surface area contributed by atoms with Gasteiger partial charge in [0.2, 0.25) is 0 Å². The lowest BCUT2D eigenvalue weighted by Crippen LogP contribution is -2.14. The molecular formula is C14H24N2O2. The fourth-order valence-electron chi connectivity index (χ4n) is 1.53. The van der Waals surface area contributed by atoms with Crippen molar-refractivity contribution in [3.8, 4) is 5.75 Å². The van der Waals surface area contributed by atoms with Gasteiger partial charge in [0.1, 0.15) is 5.75 Å². The van der Waals surface area contributed by atoms with E-state index in [1.165, 1.54) is 0 Å². The lowest BCUT2D eigenvalue weighted by atomic mass is 10.3. The van der Waals surface area contributed by atoms with Crippen molar-refractivity contribution < 1.29 is 9.47 Å². The number of methoxy groups -OCH3 is 1. The van der Waals surface area contributed by atoms with Crippen LogP contribution in [0.5, 0.6) is 5.75 Å². The molecule has 0 aliphatic carbocycles. The van der Waals surface area contributed by atoms with Crippen molar-refractivity contribution in [1.29, 1.82) is 0 Å². The number of ether oxygens (including phenoxy) is 2. The molecule has 0 aromatic carbocycles. The molecule has 1 heterocycles. The van der Waals surface area contributed by atoms with Crippen molar-refractivity contribution in [3.63, 3.8) is 0 Å². The minimum Gasteiger partial charge on any atom is -0.492 e. The molecule has 0 atom stereocenters. The molecule has 1 N–H and O–H groups in total. The Balaban J connectivity index is 2.19. The Morgan fingerprint density at radius 1 is 1.22 bits per heavy atom. The average molecular weight is 252 g/mol. The van der Waals surface area contributed by atoms with Gasteiger partial charge in [-0.05, 0) is 37.9 Å². The SMILES string of the molecule is CCCNCc1ccc(OCCCCOC)cn1. The third-order valence-electron chi connectivity index (χ3n) is 2.54. The highest BCUT2D eigenvalue weighted by molar-refractivity contribution is 5.19. The molecular weight excluding hydrogens is 228 g/mol.